The van der Waals surface area contributed by atoms with Crippen molar-refractivity contribution >= 4 is 5.69 Å². The van der Waals surface area contributed by atoms with Crippen LogP contribution >= 0.6 is 0 Å². The lowest BCUT2D eigenvalue weighted by molar-refractivity contribution is 0.284. The average Bonchev–Trinajstić information content (AvgIpc) is 2.89. The van der Waals surface area contributed by atoms with Crippen LogP contribution in [-0.4, -0.2) is 40.4 Å². The molecule has 2 aromatic carbocycles. The Kier molecular flexibility index (Phi) is 5.53. The molecular weight excluding hydrogens is 367 g/mol. The molecule has 0 atom stereocenters. The van der Waals surface area contributed by atoms with Gasteiger partial charge in [-0.15, -0.1) is 0 Å². The topological polar surface area (TPSA) is 33.4 Å². The maximum absolute atomic E-state index is 13.2. The van der Waals surface area contributed by atoms with E-state index in [1.807, 2.05) is 61.1 Å². The molecule has 1 saturated heterocycles. The Balaban J connectivity index is 1.51. The highest BCUT2D eigenvalue weighted by Gasteiger charge is 2.21. The van der Waals surface area contributed by atoms with E-state index < -0.39 is 0 Å². The van der Waals surface area contributed by atoms with Crippen molar-refractivity contribution in [3.05, 3.63) is 82.0 Å². The number of hydrogen-bond donors (Lipinski definition) is 0. The van der Waals surface area contributed by atoms with E-state index in [-0.39, 0.29) is 11.4 Å². The molecule has 0 amide bonds. The van der Waals surface area contributed by atoms with Crippen molar-refractivity contribution in [2.45, 2.75) is 19.9 Å². The fourth-order valence-electron chi connectivity index (χ4n) is 4.07. The van der Waals surface area contributed by atoms with Crippen LogP contribution in [-0.2, 0) is 13.6 Å². The van der Waals surface area contributed by atoms with Crippen LogP contribution < -0.4 is 10.5 Å². The Morgan fingerprint density at radius 3 is 2.34 bits per heavy atom. The SMILES string of the molecule is Cc1c(CN2CCCN(c3ccc(F)cc3)CC2)c(=O)n(-c2ccccc2)n1C. The molecule has 0 bridgehead atoms. The minimum absolute atomic E-state index is 0.0517. The quantitative estimate of drug-likeness (QED) is 0.681. The average molecular weight is 394 g/mol. The summed E-state index contributed by atoms with van der Waals surface area (Å²) < 4.78 is 16.9. The fraction of sp³-hybridized carbons (Fsp3) is 0.348. The maximum Gasteiger partial charge on any atom is 0.276 e. The van der Waals surface area contributed by atoms with Crippen molar-refractivity contribution in [2.24, 2.45) is 7.05 Å². The summed E-state index contributed by atoms with van der Waals surface area (Å²) in [6, 6.07) is 16.5. The number of para-hydroxylation sites is 1. The standard InChI is InChI=1S/C23H27FN4O/c1-18-22(23(29)28(25(18)2)21-7-4-3-5-8-21)17-26-13-6-14-27(16-15-26)20-11-9-19(24)10-12-20/h3-5,7-12H,6,13-17H2,1-2H3. The highest BCUT2D eigenvalue weighted by molar-refractivity contribution is 5.46. The van der Waals surface area contributed by atoms with Crippen molar-refractivity contribution in [1.82, 2.24) is 14.3 Å². The summed E-state index contributed by atoms with van der Waals surface area (Å²) in [5, 5.41) is 0. The van der Waals surface area contributed by atoms with Crippen LogP contribution in [0.15, 0.2) is 59.4 Å². The molecule has 2 heterocycles. The van der Waals surface area contributed by atoms with Gasteiger partial charge in [-0.2, -0.15) is 0 Å². The number of anilines is 1. The summed E-state index contributed by atoms with van der Waals surface area (Å²) in [4.78, 5) is 17.8. The van der Waals surface area contributed by atoms with Crippen LogP contribution in [0.25, 0.3) is 5.69 Å². The lowest BCUT2D eigenvalue weighted by Gasteiger charge is -2.23. The van der Waals surface area contributed by atoms with Crippen LogP contribution in [0.3, 0.4) is 0 Å². The van der Waals surface area contributed by atoms with E-state index >= 15 is 0 Å². The molecule has 0 spiro atoms. The van der Waals surface area contributed by atoms with Crippen molar-refractivity contribution < 1.29 is 4.39 Å². The van der Waals surface area contributed by atoms with Crippen molar-refractivity contribution in [3.8, 4) is 5.69 Å². The van der Waals surface area contributed by atoms with Gasteiger partial charge in [0.25, 0.3) is 5.56 Å². The molecule has 3 aromatic rings. The molecule has 0 aliphatic carbocycles. The Morgan fingerprint density at radius 1 is 0.897 bits per heavy atom. The number of halogens is 1. The number of nitrogens with zero attached hydrogens (tertiary/aromatic N) is 4. The highest BCUT2D eigenvalue weighted by Crippen LogP contribution is 2.18. The van der Waals surface area contributed by atoms with Gasteiger partial charge in [-0.1, -0.05) is 18.2 Å². The molecule has 0 unspecified atom stereocenters. The molecule has 0 N–H and O–H groups in total. The summed E-state index contributed by atoms with van der Waals surface area (Å²) in [7, 11) is 1.94. The predicted molar refractivity (Wildman–Crippen MR) is 114 cm³/mol. The van der Waals surface area contributed by atoms with Gasteiger partial charge in [0.2, 0.25) is 0 Å². The minimum Gasteiger partial charge on any atom is -0.370 e. The summed E-state index contributed by atoms with van der Waals surface area (Å²) in [6.07, 6.45) is 1.01. The normalized spacial score (nSPS) is 15.5. The summed E-state index contributed by atoms with van der Waals surface area (Å²) in [5.74, 6) is -0.209. The van der Waals surface area contributed by atoms with Crippen LogP contribution in [0.2, 0.25) is 0 Å². The van der Waals surface area contributed by atoms with Gasteiger partial charge in [0.15, 0.2) is 0 Å². The van der Waals surface area contributed by atoms with E-state index in [4.69, 9.17) is 0 Å². The Bertz CT molecular complexity index is 1020. The van der Waals surface area contributed by atoms with Gasteiger partial charge >= 0.3 is 0 Å². The van der Waals surface area contributed by atoms with E-state index in [1.54, 1.807) is 4.68 Å². The van der Waals surface area contributed by atoms with Gasteiger partial charge in [-0.05, 0) is 49.7 Å². The molecule has 1 aromatic heterocycles. The zero-order valence-electron chi connectivity index (χ0n) is 17.0. The number of rotatable bonds is 4. The zero-order valence-corrected chi connectivity index (χ0v) is 17.0. The molecule has 1 aliphatic rings. The molecule has 5 nitrogen and oxygen atoms in total. The highest BCUT2D eigenvalue weighted by atomic mass is 19.1. The summed E-state index contributed by atoms with van der Waals surface area (Å²) in [6.45, 7) is 6.27. The van der Waals surface area contributed by atoms with Crippen molar-refractivity contribution in [3.63, 3.8) is 0 Å². The lowest BCUT2D eigenvalue weighted by Crippen LogP contribution is -2.32. The van der Waals surface area contributed by atoms with Crippen LogP contribution in [0.5, 0.6) is 0 Å². The molecule has 0 saturated carbocycles. The monoisotopic (exact) mass is 394 g/mol. The molecule has 1 fully saturated rings. The molecule has 4 rings (SSSR count). The maximum atomic E-state index is 13.2. The van der Waals surface area contributed by atoms with Gasteiger partial charge in [0.05, 0.1) is 11.3 Å². The molecule has 0 radical (unpaired) electrons. The van der Waals surface area contributed by atoms with E-state index in [1.165, 1.54) is 12.1 Å². The van der Waals surface area contributed by atoms with E-state index in [9.17, 15) is 9.18 Å². The fourth-order valence-corrected chi connectivity index (χ4v) is 4.07. The van der Waals surface area contributed by atoms with Gasteiger partial charge in [0, 0.05) is 51.2 Å². The minimum atomic E-state index is -0.209. The van der Waals surface area contributed by atoms with Gasteiger partial charge in [-0.25, -0.2) is 9.07 Å². The smallest absolute Gasteiger partial charge is 0.276 e. The van der Waals surface area contributed by atoms with Crippen LogP contribution in [0.1, 0.15) is 17.7 Å². The summed E-state index contributed by atoms with van der Waals surface area (Å²) >= 11 is 0. The number of aromatic nitrogens is 2. The van der Waals surface area contributed by atoms with E-state index in [0.29, 0.717) is 6.54 Å². The second kappa shape index (κ2) is 8.25. The first-order chi connectivity index (χ1) is 14.0. The number of hydrogen-bond acceptors (Lipinski definition) is 3. The van der Waals surface area contributed by atoms with Crippen molar-refractivity contribution in [1.29, 1.82) is 0 Å². The van der Waals surface area contributed by atoms with E-state index in [2.05, 4.69) is 9.80 Å². The first-order valence-electron chi connectivity index (χ1n) is 10.1. The second-order valence-corrected chi connectivity index (χ2v) is 7.63. The molecule has 6 heteroatoms. The van der Waals surface area contributed by atoms with Crippen LogP contribution in [0.4, 0.5) is 10.1 Å². The Morgan fingerprint density at radius 2 is 1.62 bits per heavy atom. The first kappa shape index (κ1) is 19.5. The number of benzene rings is 2. The third-order valence-electron chi connectivity index (χ3n) is 5.84. The third kappa shape index (κ3) is 3.98. The van der Waals surface area contributed by atoms with E-state index in [0.717, 1.165) is 55.2 Å². The predicted octanol–water partition coefficient (Wildman–Crippen LogP) is 3.34. The van der Waals surface area contributed by atoms with Gasteiger partial charge in [0.1, 0.15) is 5.82 Å². The Hall–Kier alpha value is -2.86. The molecule has 1 aliphatic heterocycles. The molecule has 29 heavy (non-hydrogen) atoms. The largest absolute Gasteiger partial charge is 0.370 e. The first-order valence-corrected chi connectivity index (χ1v) is 10.1. The van der Waals surface area contributed by atoms with Gasteiger partial charge < -0.3 is 4.90 Å². The Labute approximate surface area is 170 Å². The van der Waals surface area contributed by atoms with Gasteiger partial charge in [-0.3, -0.25) is 14.4 Å². The summed E-state index contributed by atoms with van der Waals surface area (Å²) in [5.41, 5.74) is 3.84. The van der Waals surface area contributed by atoms with Crippen LogP contribution in [0, 0.1) is 12.7 Å². The lowest BCUT2D eigenvalue weighted by atomic mass is 10.2. The third-order valence-corrected chi connectivity index (χ3v) is 5.84. The molecular formula is C23H27FN4O. The second-order valence-electron chi connectivity index (χ2n) is 7.63. The zero-order chi connectivity index (χ0) is 20.4. The van der Waals surface area contributed by atoms with Crippen molar-refractivity contribution in [2.75, 3.05) is 31.1 Å². The molecule has 152 valence electrons.